The van der Waals surface area contributed by atoms with Crippen molar-refractivity contribution in [3.63, 3.8) is 0 Å². The number of pyridine rings is 1. The Hall–Kier alpha value is -2.56. The summed E-state index contributed by atoms with van der Waals surface area (Å²) in [5.41, 5.74) is 7.78. The second-order valence-electron chi connectivity index (χ2n) is 5.45. The van der Waals surface area contributed by atoms with Crippen molar-refractivity contribution >= 4 is 11.6 Å². The Labute approximate surface area is 130 Å². The second-order valence-corrected chi connectivity index (χ2v) is 5.45. The van der Waals surface area contributed by atoms with E-state index >= 15 is 0 Å². The highest BCUT2D eigenvalue weighted by molar-refractivity contribution is 5.92. The minimum absolute atomic E-state index is 0.389. The standard InChI is InChI=1S/C17H20N4O/c18-17(21-15-4-2-1-3-5-15)20-11-14-8-9-16(19-10-14)22-12-13-6-7-13/h1-5,8-10,13H,6-7,11-12H2,(H3,18,20,21). The molecule has 3 N–H and O–H groups in total. The van der Waals surface area contributed by atoms with Gasteiger partial charge in [0.2, 0.25) is 5.88 Å². The first-order valence-corrected chi connectivity index (χ1v) is 7.49. The fourth-order valence-electron chi connectivity index (χ4n) is 1.96. The van der Waals surface area contributed by atoms with Crippen molar-refractivity contribution in [2.75, 3.05) is 11.9 Å². The minimum atomic E-state index is 0.389. The van der Waals surface area contributed by atoms with Gasteiger partial charge in [-0.3, -0.25) is 0 Å². The van der Waals surface area contributed by atoms with Gasteiger partial charge >= 0.3 is 0 Å². The first kappa shape index (κ1) is 14.4. The van der Waals surface area contributed by atoms with Crippen LogP contribution < -0.4 is 15.8 Å². The summed E-state index contributed by atoms with van der Waals surface area (Å²) in [5.74, 6) is 1.80. The quantitative estimate of drug-likeness (QED) is 0.635. The molecular weight excluding hydrogens is 276 g/mol. The number of nitrogens with two attached hydrogens (primary N) is 1. The van der Waals surface area contributed by atoms with Crippen LogP contribution in [0.2, 0.25) is 0 Å². The lowest BCUT2D eigenvalue weighted by molar-refractivity contribution is 0.288. The van der Waals surface area contributed by atoms with Crippen molar-refractivity contribution in [1.82, 2.24) is 4.98 Å². The third kappa shape index (κ3) is 4.48. The Morgan fingerprint density at radius 2 is 2.05 bits per heavy atom. The molecule has 2 aromatic rings. The van der Waals surface area contributed by atoms with Crippen molar-refractivity contribution in [3.05, 3.63) is 54.2 Å². The number of benzene rings is 1. The fraction of sp³-hybridized carbons (Fsp3) is 0.294. The number of anilines is 1. The first-order valence-electron chi connectivity index (χ1n) is 7.49. The molecular formula is C17H20N4O. The molecule has 0 spiro atoms. The van der Waals surface area contributed by atoms with E-state index < -0.39 is 0 Å². The summed E-state index contributed by atoms with van der Waals surface area (Å²) < 4.78 is 5.61. The van der Waals surface area contributed by atoms with Crippen molar-refractivity contribution in [2.24, 2.45) is 16.6 Å². The monoisotopic (exact) mass is 296 g/mol. The average Bonchev–Trinajstić information content (AvgIpc) is 3.37. The van der Waals surface area contributed by atoms with Crippen molar-refractivity contribution in [3.8, 4) is 5.88 Å². The summed E-state index contributed by atoms with van der Waals surface area (Å²) in [7, 11) is 0. The maximum absolute atomic E-state index is 5.87. The van der Waals surface area contributed by atoms with Crippen molar-refractivity contribution < 1.29 is 4.74 Å². The van der Waals surface area contributed by atoms with E-state index in [9.17, 15) is 0 Å². The Kier molecular flexibility index (Phi) is 4.53. The molecule has 5 nitrogen and oxygen atoms in total. The Morgan fingerprint density at radius 1 is 1.23 bits per heavy atom. The maximum Gasteiger partial charge on any atom is 0.213 e. The number of aromatic nitrogens is 1. The van der Waals surface area contributed by atoms with Crippen LogP contribution in [0.3, 0.4) is 0 Å². The van der Waals surface area contributed by atoms with Crippen LogP contribution in [-0.2, 0) is 6.54 Å². The van der Waals surface area contributed by atoms with E-state index in [-0.39, 0.29) is 0 Å². The van der Waals surface area contributed by atoms with E-state index in [0.717, 1.165) is 23.8 Å². The molecule has 0 bridgehead atoms. The Balaban J connectivity index is 1.50. The van der Waals surface area contributed by atoms with E-state index in [1.165, 1.54) is 12.8 Å². The van der Waals surface area contributed by atoms with E-state index in [0.29, 0.717) is 18.4 Å². The number of ether oxygens (including phenoxy) is 1. The van der Waals surface area contributed by atoms with Crippen LogP contribution in [0.15, 0.2) is 53.7 Å². The molecule has 0 saturated heterocycles. The molecule has 1 aliphatic rings. The van der Waals surface area contributed by atoms with Gasteiger partial charge in [0.25, 0.3) is 0 Å². The Morgan fingerprint density at radius 3 is 2.73 bits per heavy atom. The molecule has 1 fully saturated rings. The van der Waals surface area contributed by atoms with Gasteiger partial charge in [0.15, 0.2) is 5.96 Å². The third-order valence-corrected chi connectivity index (χ3v) is 3.44. The summed E-state index contributed by atoms with van der Waals surface area (Å²) in [6.45, 7) is 1.26. The number of nitrogens with one attached hydrogen (secondary N) is 1. The van der Waals surface area contributed by atoms with Gasteiger partial charge in [0, 0.05) is 18.0 Å². The van der Waals surface area contributed by atoms with Crippen LogP contribution >= 0.6 is 0 Å². The molecule has 0 amide bonds. The van der Waals surface area contributed by atoms with Crippen LogP contribution in [0.1, 0.15) is 18.4 Å². The lowest BCUT2D eigenvalue weighted by atomic mass is 10.3. The molecule has 0 aliphatic heterocycles. The summed E-state index contributed by atoms with van der Waals surface area (Å²) in [5, 5.41) is 3.05. The summed E-state index contributed by atoms with van der Waals surface area (Å²) in [6.07, 6.45) is 4.34. The molecule has 114 valence electrons. The zero-order chi connectivity index (χ0) is 15.2. The molecule has 1 aromatic heterocycles. The number of hydrogen-bond donors (Lipinski definition) is 2. The van der Waals surface area contributed by atoms with Gasteiger partial charge in [-0.2, -0.15) is 0 Å². The van der Waals surface area contributed by atoms with Crippen LogP contribution in [0, 0.1) is 5.92 Å². The fourth-order valence-corrected chi connectivity index (χ4v) is 1.96. The maximum atomic E-state index is 5.87. The zero-order valence-corrected chi connectivity index (χ0v) is 12.4. The van der Waals surface area contributed by atoms with E-state index in [1.807, 2.05) is 42.5 Å². The normalized spacial score (nSPS) is 14.6. The van der Waals surface area contributed by atoms with Crippen molar-refractivity contribution in [1.29, 1.82) is 0 Å². The smallest absolute Gasteiger partial charge is 0.213 e. The summed E-state index contributed by atoms with van der Waals surface area (Å²) in [4.78, 5) is 8.59. The third-order valence-electron chi connectivity index (χ3n) is 3.44. The van der Waals surface area contributed by atoms with Crippen LogP contribution in [0.5, 0.6) is 5.88 Å². The molecule has 5 heteroatoms. The van der Waals surface area contributed by atoms with Gasteiger partial charge in [-0.05, 0) is 36.5 Å². The average molecular weight is 296 g/mol. The topological polar surface area (TPSA) is 72.5 Å². The van der Waals surface area contributed by atoms with Crippen LogP contribution in [0.25, 0.3) is 0 Å². The van der Waals surface area contributed by atoms with Gasteiger partial charge in [-0.1, -0.05) is 24.3 Å². The summed E-state index contributed by atoms with van der Waals surface area (Å²) in [6, 6.07) is 13.6. The molecule has 0 radical (unpaired) electrons. The highest BCUT2D eigenvalue weighted by Gasteiger charge is 2.21. The number of aliphatic imine (C=N–C) groups is 1. The van der Waals surface area contributed by atoms with Gasteiger partial charge in [-0.15, -0.1) is 0 Å². The largest absolute Gasteiger partial charge is 0.477 e. The summed E-state index contributed by atoms with van der Waals surface area (Å²) >= 11 is 0. The number of para-hydroxylation sites is 1. The van der Waals surface area contributed by atoms with E-state index in [2.05, 4.69) is 15.3 Å². The van der Waals surface area contributed by atoms with Crippen LogP contribution in [-0.4, -0.2) is 17.6 Å². The molecule has 0 unspecified atom stereocenters. The number of rotatable bonds is 6. The van der Waals surface area contributed by atoms with Gasteiger partial charge < -0.3 is 15.8 Å². The molecule has 1 heterocycles. The minimum Gasteiger partial charge on any atom is -0.477 e. The Bertz CT molecular complexity index is 621. The van der Waals surface area contributed by atoms with E-state index in [1.54, 1.807) is 6.20 Å². The lowest BCUT2D eigenvalue weighted by Gasteiger charge is -2.06. The molecule has 3 rings (SSSR count). The van der Waals surface area contributed by atoms with Gasteiger partial charge in [0.05, 0.1) is 13.2 Å². The SMILES string of the molecule is NC(=NCc1ccc(OCC2CC2)nc1)Nc1ccccc1. The number of nitrogens with zero attached hydrogens (tertiary/aromatic N) is 2. The van der Waals surface area contributed by atoms with Crippen molar-refractivity contribution in [2.45, 2.75) is 19.4 Å². The van der Waals surface area contributed by atoms with Gasteiger partial charge in [-0.25, -0.2) is 9.98 Å². The lowest BCUT2D eigenvalue weighted by Crippen LogP contribution is -2.22. The highest BCUT2D eigenvalue weighted by atomic mass is 16.5. The zero-order valence-electron chi connectivity index (χ0n) is 12.4. The molecule has 1 saturated carbocycles. The molecule has 22 heavy (non-hydrogen) atoms. The molecule has 1 aromatic carbocycles. The highest BCUT2D eigenvalue weighted by Crippen LogP contribution is 2.29. The molecule has 1 aliphatic carbocycles. The number of hydrogen-bond acceptors (Lipinski definition) is 3. The van der Waals surface area contributed by atoms with E-state index in [4.69, 9.17) is 10.5 Å². The molecule has 0 atom stereocenters. The van der Waals surface area contributed by atoms with Crippen LogP contribution in [0.4, 0.5) is 5.69 Å². The second kappa shape index (κ2) is 6.93. The number of guanidine groups is 1. The first-order chi connectivity index (χ1) is 10.8. The van der Waals surface area contributed by atoms with Gasteiger partial charge in [0.1, 0.15) is 0 Å². The predicted octanol–water partition coefficient (Wildman–Crippen LogP) is 2.80. The predicted molar refractivity (Wildman–Crippen MR) is 87.8 cm³/mol.